The number of rotatable bonds is 4. The molecule has 4 heterocycles. The Balaban J connectivity index is 1.40. The third-order valence-electron chi connectivity index (χ3n) is 6.30. The number of carbonyl (C=O) groups excluding carboxylic acids is 2. The van der Waals surface area contributed by atoms with Crippen LogP contribution < -0.4 is 20.9 Å². The Morgan fingerprint density at radius 1 is 1.09 bits per heavy atom. The molecule has 1 saturated heterocycles. The van der Waals surface area contributed by atoms with E-state index in [2.05, 4.69) is 20.9 Å². The van der Waals surface area contributed by atoms with Crippen LogP contribution in [-0.2, 0) is 0 Å². The molecule has 2 aromatic heterocycles. The van der Waals surface area contributed by atoms with E-state index in [-0.39, 0.29) is 18.0 Å². The Morgan fingerprint density at radius 3 is 2.76 bits per heavy atom. The van der Waals surface area contributed by atoms with Gasteiger partial charge in [0.1, 0.15) is 9.71 Å². The molecular weight excluding hydrogens is 446 g/mol. The van der Waals surface area contributed by atoms with Crippen LogP contribution in [0.25, 0.3) is 21.3 Å². The molecule has 2 aliphatic heterocycles. The molecule has 1 unspecified atom stereocenters. The van der Waals surface area contributed by atoms with E-state index in [1.807, 2.05) is 60.7 Å². The number of benzene rings is 2. The van der Waals surface area contributed by atoms with Crippen molar-refractivity contribution in [2.24, 2.45) is 0 Å². The number of hydrogen-bond donors (Lipinski definition) is 3. The number of anilines is 3. The van der Waals surface area contributed by atoms with Crippen molar-refractivity contribution in [1.29, 1.82) is 0 Å². The third-order valence-corrected chi connectivity index (χ3v) is 7.39. The molecule has 3 N–H and O–H groups in total. The van der Waals surface area contributed by atoms with E-state index in [1.54, 1.807) is 11.1 Å². The monoisotopic (exact) mass is 469 g/mol. The van der Waals surface area contributed by atoms with Crippen molar-refractivity contribution in [3.05, 3.63) is 71.7 Å². The van der Waals surface area contributed by atoms with Crippen molar-refractivity contribution in [3.8, 4) is 11.1 Å². The van der Waals surface area contributed by atoms with Crippen molar-refractivity contribution in [1.82, 2.24) is 15.6 Å². The molecule has 8 heteroatoms. The molecule has 0 spiro atoms. The highest BCUT2D eigenvalue weighted by Gasteiger charge is 2.33. The summed E-state index contributed by atoms with van der Waals surface area (Å²) < 4.78 is 0. The second kappa shape index (κ2) is 8.55. The minimum atomic E-state index is -0.294. The lowest BCUT2D eigenvalue weighted by Crippen LogP contribution is -2.45. The number of piperidine rings is 1. The van der Waals surface area contributed by atoms with Crippen molar-refractivity contribution < 1.29 is 9.59 Å². The number of nitrogens with one attached hydrogen (secondary N) is 3. The van der Waals surface area contributed by atoms with Gasteiger partial charge in [-0.25, -0.2) is 9.78 Å². The number of thiophene rings is 1. The van der Waals surface area contributed by atoms with E-state index in [4.69, 9.17) is 0 Å². The number of pyridine rings is 1. The van der Waals surface area contributed by atoms with Crippen LogP contribution in [0, 0.1) is 0 Å². The zero-order valence-corrected chi connectivity index (χ0v) is 19.2. The fourth-order valence-electron chi connectivity index (χ4n) is 4.68. The van der Waals surface area contributed by atoms with Gasteiger partial charge in [-0.2, -0.15) is 0 Å². The van der Waals surface area contributed by atoms with E-state index in [9.17, 15) is 9.59 Å². The van der Waals surface area contributed by atoms with Crippen LogP contribution in [0.2, 0.25) is 0 Å². The van der Waals surface area contributed by atoms with Crippen LogP contribution in [0.4, 0.5) is 21.9 Å². The summed E-state index contributed by atoms with van der Waals surface area (Å²) in [5.74, 6) is -0.169. The number of carbonyl (C=O) groups is 2. The van der Waals surface area contributed by atoms with E-state index in [0.29, 0.717) is 10.6 Å². The van der Waals surface area contributed by atoms with Crippen molar-refractivity contribution in [2.75, 3.05) is 23.3 Å². The minimum absolute atomic E-state index is 0.0857. The molecule has 1 atom stereocenters. The summed E-state index contributed by atoms with van der Waals surface area (Å²) in [6, 6.07) is 19.6. The normalized spacial score (nSPS) is 17.5. The van der Waals surface area contributed by atoms with Gasteiger partial charge < -0.3 is 16.0 Å². The van der Waals surface area contributed by atoms with Crippen LogP contribution in [0.3, 0.4) is 0 Å². The summed E-state index contributed by atoms with van der Waals surface area (Å²) in [6.45, 7) is 1.73. The molecule has 34 heavy (non-hydrogen) atoms. The van der Waals surface area contributed by atoms with Gasteiger partial charge in [0.05, 0.1) is 22.4 Å². The Morgan fingerprint density at radius 2 is 1.94 bits per heavy atom. The molecule has 2 aromatic carbocycles. The summed E-state index contributed by atoms with van der Waals surface area (Å²) in [7, 11) is 0. The smallest absolute Gasteiger partial charge is 0.331 e. The molecule has 1 fully saturated rings. The van der Waals surface area contributed by atoms with Crippen LogP contribution in [0.5, 0.6) is 0 Å². The maximum absolute atomic E-state index is 13.4. The molecule has 0 radical (unpaired) electrons. The first-order valence-corrected chi connectivity index (χ1v) is 12.2. The quantitative estimate of drug-likeness (QED) is 0.387. The van der Waals surface area contributed by atoms with Crippen LogP contribution >= 0.6 is 11.3 Å². The van der Waals surface area contributed by atoms with Crippen LogP contribution in [0.1, 0.15) is 22.5 Å². The van der Waals surface area contributed by atoms with Gasteiger partial charge in [-0.3, -0.25) is 9.69 Å². The minimum Gasteiger partial charge on any atom is -0.347 e. The highest BCUT2D eigenvalue weighted by atomic mass is 32.1. The maximum atomic E-state index is 13.4. The van der Waals surface area contributed by atoms with Gasteiger partial charge in [0.2, 0.25) is 0 Å². The van der Waals surface area contributed by atoms with Crippen molar-refractivity contribution in [2.45, 2.75) is 18.9 Å². The lowest BCUT2D eigenvalue weighted by Gasteiger charge is -2.29. The number of urea groups is 1. The topological polar surface area (TPSA) is 86.4 Å². The Kier molecular flexibility index (Phi) is 5.24. The lowest BCUT2D eigenvalue weighted by atomic mass is 10.0. The highest BCUT2D eigenvalue weighted by molar-refractivity contribution is 7.21. The molecule has 0 bridgehead atoms. The number of nitrogens with zero attached hydrogens (tertiary/aromatic N) is 2. The molecule has 0 saturated carbocycles. The Labute approximate surface area is 200 Å². The largest absolute Gasteiger partial charge is 0.347 e. The summed E-state index contributed by atoms with van der Waals surface area (Å²) in [5.41, 5.74) is 4.12. The first kappa shape index (κ1) is 20.8. The zero-order valence-electron chi connectivity index (χ0n) is 18.4. The predicted molar refractivity (Wildman–Crippen MR) is 136 cm³/mol. The van der Waals surface area contributed by atoms with E-state index in [1.165, 1.54) is 11.3 Å². The van der Waals surface area contributed by atoms with Gasteiger partial charge in [-0.05, 0) is 48.7 Å². The first-order chi connectivity index (χ1) is 16.7. The summed E-state index contributed by atoms with van der Waals surface area (Å²) in [4.78, 5) is 33.9. The number of hydrogen-bond acceptors (Lipinski definition) is 5. The summed E-state index contributed by atoms with van der Waals surface area (Å²) in [5, 5.41) is 10.2. The van der Waals surface area contributed by atoms with Gasteiger partial charge in [-0.15, -0.1) is 11.3 Å². The molecule has 2 aliphatic rings. The van der Waals surface area contributed by atoms with Crippen molar-refractivity contribution in [3.63, 3.8) is 0 Å². The first-order valence-electron chi connectivity index (χ1n) is 11.4. The molecular formula is C26H23N5O2S. The summed E-state index contributed by atoms with van der Waals surface area (Å²) in [6.07, 6.45) is 3.67. The zero-order chi connectivity index (χ0) is 23.1. The SMILES string of the molecule is O=C(NC1CCCNC1)c1sc2nccc3c2c1NC(=O)N3c1cccc(-c2ccccc2)c1. The summed E-state index contributed by atoms with van der Waals surface area (Å²) >= 11 is 1.31. The number of aromatic nitrogens is 1. The molecule has 7 nitrogen and oxygen atoms in total. The molecule has 6 rings (SSSR count). The van der Waals surface area contributed by atoms with E-state index in [0.717, 1.165) is 58.6 Å². The highest BCUT2D eigenvalue weighted by Crippen LogP contribution is 2.46. The standard InChI is InChI=1S/C26H23N5O2S/c32-24(29-18-9-5-12-27-15-18)23-22-21-20(11-13-28-25(21)34-23)31(26(33)30-22)19-10-4-8-17(14-19)16-6-2-1-3-7-16/h1-4,6-8,10-11,13-14,18,27H,5,9,12,15H2,(H,29,32)(H,30,33). The fraction of sp³-hybridized carbons (Fsp3) is 0.192. The van der Waals surface area contributed by atoms with Gasteiger partial charge in [-0.1, -0.05) is 42.5 Å². The second-order valence-electron chi connectivity index (χ2n) is 8.52. The lowest BCUT2D eigenvalue weighted by molar-refractivity contribution is 0.0935. The molecule has 170 valence electrons. The van der Waals surface area contributed by atoms with Crippen molar-refractivity contribution >= 4 is 50.6 Å². The third kappa shape index (κ3) is 3.61. The fourth-order valence-corrected chi connectivity index (χ4v) is 5.70. The van der Waals surface area contributed by atoms with Crippen LogP contribution in [-0.4, -0.2) is 36.1 Å². The average Bonchev–Trinajstić information content (AvgIpc) is 3.25. The molecule has 4 aromatic rings. The van der Waals surface area contributed by atoms with Gasteiger partial charge in [0.15, 0.2) is 0 Å². The van der Waals surface area contributed by atoms with Gasteiger partial charge in [0, 0.05) is 18.8 Å². The van der Waals surface area contributed by atoms with E-state index >= 15 is 0 Å². The molecule has 3 amide bonds. The Hall–Kier alpha value is -3.75. The second-order valence-corrected chi connectivity index (χ2v) is 9.51. The Bertz CT molecular complexity index is 1400. The van der Waals surface area contributed by atoms with Gasteiger partial charge >= 0.3 is 6.03 Å². The van der Waals surface area contributed by atoms with E-state index < -0.39 is 0 Å². The predicted octanol–water partition coefficient (Wildman–Crippen LogP) is 5.13. The maximum Gasteiger partial charge on any atom is 0.331 e. The van der Waals surface area contributed by atoms with Gasteiger partial charge in [0.25, 0.3) is 5.91 Å². The molecule has 0 aliphatic carbocycles. The number of amides is 3. The average molecular weight is 470 g/mol. The van der Waals surface area contributed by atoms with Crippen LogP contribution in [0.15, 0.2) is 66.9 Å².